The molecular weight excluding hydrogens is 182 g/mol. The monoisotopic (exact) mass is 193 g/mol. The molecule has 0 fully saturated rings. The summed E-state index contributed by atoms with van der Waals surface area (Å²) in [5, 5.41) is 17.4. The Labute approximate surface area is 81.0 Å². The van der Waals surface area contributed by atoms with Gasteiger partial charge in [-0.15, -0.1) is 10.2 Å². The summed E-state index contributed by atoms with van der Waals surface area (Å²) in [7, 11) is 1.78. The zero-order chi connectivity index (χ0) is 10.1. The third-order valence-electron chi connectivity index (χ3n) is 2.06. The summed E-state index contributed by atoms with van der Waals surface area (Å²) < 4.78 is 6.78. The zero-order valence-corrected chi connectivity index (χ0v) is 8.01. The lowest BCUT2D eigenvalue weighted by Crippen LogP contribution is -2.05. The summed E-state index contributed by atoms with van der Waals surface area (Å²) >= 11 is 0. The highest BCUT2D eigenvalue weighted by Gasteiger charge is 2.17. The summed E-state index contributed by atoms with van der Waals surface area (Å²) in [4.78, 5) is 0. The number of hydrogen-bond acceptors (Lipinski definition) is 4. The van der Waals surface area contributed by atoms with E-state index in [2.05, 4.69) is 10.2 Å². The van der Waals surface area contributed by atoms with Crippen molar-refractivity contribution in [3.05, 3.63) is 35.8 Å². The van der Waals surface area contributed by atoms with E-state index in [0.29, 0.717) is 11.4 Å². The molecule has 14 heavy (non-hydrogen) atoms. The van der Waals surface area contributed by atoms with Gasteiger partial charge in [0.05, 0.1) is 6.26 Å². The summed E-state index contributed by atoms with van der Waals surface area (Å²) in [5.74, 6) is 1.27. The van der Waals surface area contributed by atoms with Gasteiger partial charge in [-0.25, -0.2) is 0 Å². The average Bonchev–Trinajstić information content (AvgIpc) is 2.73. The minimum Gasteiger partial charge on any atom is -0.469 e. The smallest absolute Gasteiger partial charge is 0.166 e. The Morgan fingerprint density at radius 1 is 1.57 bits per heavy atom. The van der Waals surface area contributed by atoms with E-state index >= 15 is 0 Å². The van der Waals surface area contributed by atoms with E-state index in [1.807, 2.05) is 6.92 Å². The molecule has 5 nitrogen and oxygen atoms in total. The molecule has 1 atom stereocenters. The number of hydrogen-bond donors (Lipinski definition) is 1. The van der Waals surface area contributed by atoms with Gasteiger partial charge in [0, 0.05) is 12.6 Å². The minimum atomic E-state index is -0.778. The second kappa shape index (κ2) is 3.26. The fraction of sp³-hybridized carbons (Fsp3) is 0.333. The maximum atomic E-state index is 9.89. The van der Waals surface area contributed by atoms with E-state index in [9.17, 15) is 5.11 Å². The molecule has 0 aliphatic heterocycles. The van der Waals surface area contributed by atoms with Crippen LogP contribution in [0.1, 0.15) is 23.3 Å². The second-order valence-electron chi connectivity index (χ2n) is 3.19. The molecule has 2 aromatic rings. The first kappa shape index (κ1) is 8.96. The Hall–Kier alpha value is -1.62. The van der Waals surface area contributed by atoms with Crippen LogP contribution in [0.25, 0.3) is 0 Å². The summed E-state index contributed by atoms with van der Waals surface area (Å²) in [6.07, 6.45) is 2.29. The van der Waals surface area contributed by atoms with Crippen molar-refractivity contribution in [3.8, 4) is 0 Å². The lowest BCUT2D eigenvalue weighted by atomic mass is 10.2. The van der Waals surface area contributed by atoms with Crippen molar-refractivity contribution >= 4 is 0 Å². The van der Waals surface area contributed by atoms with E-state index in [-0.39, 0.29) is 0 Å². The largest absolute Gasteiger partial charge is 0.469 e. The van der Waals surface area contributed by atoms with Crippen LogP contribution in [0.5, 0.6) is 0 Å². The van der Waals surface area contributed by atoms with Crippen LogP contribution in [0.2, 0.25) is 0 Å². The van der Waals surface area contributed by atoms with Crippen LogP contribution in [-0.2, 0) is 7.05 Å². The quantitative estimate of drug-likeness (QED) is 0.766. The van der Waals surface area contributed by atoms with Gasteiger partial charge < -0.3 is 14.1 Å². The van der Waals surface area contributed by atoms with E-state index < -0.39 is 6.10 Å². The molecule has 0 spiro atoms. The number of aryl methyl sites for hydroxylation is 2. The van der Waals surface area contributed by atoms with E-state index in [1.165, 1.54) is 6.26 Å². The van der Waals surface area contributed by atoms with Gasteiger partial charge in [-0.2, -0.15) is 0 Å². The third-order valence-corrected chi connectivity index (χ3v) is 2.06. The van der Waals surface area contributed by atoms with Crippen molar-refractivity contribution < 1.29 is 9.52 Å². The van der Waals surface area contributed by atoms with Crippen LogP contribution in [0.15, 0.2) is 23.1 Å². The highest BCUT2D eigenvalue weighted by molar-refractivity contribution is 5.20. The lowest BCUT2D eigenvalue weighted by molar-refractivity contribution is 0.204. The highest BCUT2D eigenvalue weighted by atomic mass is 16.3. The van der Waals surface area contributed by atoms with Gasteiger partial charge in [0.1, 0.15) is 18.2 Å². The van der Waals surface area contributed by atoms with Crippen molar-refractivity contribution in [2.24, 2.45) is 7.05 Å². The van der Waals surface area contributed by atoms with Gasteiger partial charge in [0.25, 0.3) is 0 Å². The molecule has 5 heteroatoms. The first-order chi connectivity index (χ1) is 6.68. The molecule has 0 amide bonds. The molecule has 0 aromatic carbocycles. The number of aromatic nitrogens is 3. The minimum absolute atomic E-state index is 0.505. The van der Waals surface area contributed by atoms with Gasteiger partial charge in [0.15, 0.2) is 5.82 Å². The number of rotatable bonds is 2. The highest BCUT2D eigenvalue weighted by Crippen LogP contribution is 2.21. The third kappa shape index (κ3) is 1.42. The number of nitrogens with zero attached hydrogens (tertiary/aromatic N) is 3. The number of aliphatic hydroxyl groups excluding tert-OH is 1. The Bertz CT molecular complexity index is 433. The van der Waals surface area contributed by atoms with E-state index in [1.54, 1.807) is 24.0 Å². The van der Waals surface area contributed by atoms with Crippen molar-refractivity contribution in [3.63, 3.8) is 0 Å². The van der Waals surface area contributed by atoms with Crippen LogP contribution in [0.3, 0.4) is 0 Å². The Morgan fingerprint density at radius 2 is 2.36 bits per heavy atom. The SMILES string of the molecule is Cc1cc(C(O)c2nncn2C)co1. The van der Waals surface area contributed by atoms with Crippen molar-refractivity contribution in [2.75, 3.05) is 0 Å². The molecule has 2 aromatic heterocycles. The van der Waals surface area contributed by atoms with Gasteiger partial charge in [-0.05, 0) is 13.0 Å². The summed E-state index contributed by atoms with van der Waals surface area (Å²) in [6.45, 7) is 1.83. The van der Waals surface area contributed by atoms with E-state index in [0.717, 1.165) is 5.76 Å². The molecule has 0 aliphatic carbocycles. The van der Waals surface area contributed by atoms with Gasteiger partial charge in [-0.3, -0.25) is 0 Å². The normalized spacial score (nSPS) is 13.1. The first-order valence-electron chi connectivity index (χ1n) is 4.25. The molecule has 0 radical (unpaired) electrons. The molecule has 1 unspecified atom stereocenters. The Morgan fingerprint density at radius 3 is 2.86 bits per heavy atom. The van der Waals surface area contributed by atoms with Crippen LogP contribution < -0.4 is 0 Å². The molecule has 0 bridgehead atoms. The zero-order valence-electron chi connectivity index (χ0n) is 8.01. The number of aliphatic hydroxyl groups is 1. The Balaban J connectivity index is 2.33. The fourth-order valence-electron chi connectivity index (χ4n) is 1.30. The topological polar surface area (TPSA) is 64.1 Å². The first-order valence-corrected chi connectivity index (χ1v) is 4.25. The predicted molar refractivity (Wildman–Crippen MR) is 48.5 cm³/mol. The van der Waals surface area contributed by atoms with Crippen LogP contribution in [-0.4, -0.2) is 19.9 Å². The second-order valence-corrected chi connectivity index (χ2v) is 3.19. The molecule has 0 aliphatic rings. The molecular formula is C9H11N3O2. The lowest BCUT2D eigenvalue weighted by Gasteiger charge is -2.05. The van der Waals surface area contributed by atoms with Crippen LogP contribution in [0, 0.1) is 6.92 Å². The maximum Gasteiger partial charge on any atom is 0.166 e. The molecule has 74 valence electrons. The van der Waals surface area contributed by atoms with Crippen LogP contribution >= 0.6 is 0 Å². The molecule has 0 saturated carbocycles. The Kier molecular flexibility index (Phi) is 2.09. The van der Waals surface area contributed by atoms with E-state index in [4.69, 9.17) is 4.42 Å². The maximum absolute atomic E-state index is 9.89. The van der Waals surface area contributed by atoms with Crippen molar-refractivity contribution in [2.45, 2.75) is 13.0 Å². The summed E-state index contributed by atoms with van der Waals surface area (Å²) in [5.41, 5.74) is 0.693. The van der Waals surface area contributed by atoms with Crippen molar-refractivity contribution in [1.82, 2.24) is 14.8 Å². The summed E-state index contributed by atoms with van der Waals surface area (Å²) in [6, 6.07) is 1.78. The van der Waals surface area contributed by atoms with Gasteiger partial charge in [-0.1, -0.05) is 0 Å². The molecule has 0 saturated heterocycles. The average molecular weight is 193 g/mol. The number of furan rings is 1. The van der Waals surface area contributed by atoms with Crippen molar-refractivity contribution in [1.29, 1.82) is 0 Å². The van der Waals surface area contributed by atoms with Crippen LogP contribution in [0.4, 0.5) is 0 Å². The standard InChI is InChI=1S/C9H11N3O2/c1-6-3-7(4-14-6)8(13)9-11-10-5-12(9)2/h3-5,8,13H,1-2H3. The van der Waals surface area contributed by atoms with Gasteiger partial charge >= 0.3 is 0 Å². The molecule has 2 rings (SSSR count). The molecule has 2 heterocycles. The predicted octanol–water partition coefficient (Wildman–Crippen LogP) is 0.798. The molecule has 1 N–H and O–H groups in total. The van der Waals surface area contributed by atoms with Gasteiger partial charge in [0.2, 0.25) is 0 Å². The fourth-order valence-corrected chi connectivity index (χ4v) is 1.30.